The van der Waals surface area contributed by atoms with E-state index in [2.05, 4.69) is 32.7 Å². The first kappa shape index (κ1) is 15.8. The van der Waals surface area contributed by atoms with E-state index >= 15 is 0 Å². The lowest BCUT2D eigenvalue weighted by Crippen LogP contribution is -2.09. The summed E-state index contributed by atoms with van der Waals surface area (Å²) < 4.78 is 2.17. The number of hydrogen-bond acceptors (Lipinski definition) is 4. The van der Waals surface area contributed by atoms with Crippen LogP contribution >= 0.6 is 23.4 Å². The van der Waals surface area contributed by atoms with Crippen molar-refractivity contribution in [1.82, 2.24) is 14.4 Å². The van der Waals surface area contributed by atoms with E-state index in [0.29, 0.717) is 5.25 Å². The molecule has 0 amide bonds. The Morgan fingerprint density at radius 3 is 3.08 bits per heavy atom. The van der Waals surface area contributed by atoms with Crippen LogP contribution in [0.3, 0.4) is 0 Å². The fourth-order valence-corrected chi connectivity index (χ4v) is 4.65. The third-order valence-electron chi connectivity index (χ3n) is 4.42. The Morgan fingerprint density at radius 2 is 2.29 bits per heavy atom. The summed E-state index contributed by atoms with van der Waals surface area (Å²) in [5, 5.41) is 4.76. The van der Waals surface area contributed by atoms with Gasteiger partial charge in [0.1, 0.15) is 0 Å². The zero-order valence-corrected chi connectivity index (χ0v) is 15.0. The fourth-order valence-electron chi connectivity index (χ4n) is 3.15. The van der Waals surface area contributed by atoms with Crippen molar-refractivity contribution in [2.45, 2.75) is 31.1 Å². The number of anilines is 1. The van der Waals surface area contributed by atoms with Crippen LogP contribution in [0, 0.1) is 0 Å². The van der Waals surface area contributed by atoms with Crippen molar-refractivity contribution in [3.05, 3.63) is 59.1 Å². The molecule has 1 N–H and O–H groups in total. The van der Waals surface area contributed by atoms with Gasteiger partial charge in [-0.25, -0.2) is 9.97 Å². The smallest absolute Gasteiger partial charge is 0.180 e. The Labute approximate surface area is 150 Å². The molecule has 2 atom stereocenters. The number of halogens is 1. The molecule has 0 aliphatic carbocycles. The second-order valence-corrected chi connectivity index (χ2v) is 7.82. The SMILES string of the molecule is C[C@H](Nc1nccn2c([C@@H]3CCCS3)cnc12)c1cccc(Cl)c1. The Morgan fingerprint density at radius 1 is 1.38 bits per heavy atom. The standard InChI is InChI=1S/C18H19ClN4S/c1-12(13-4-2-5-14(19)10-13)22-17-18-21-11-15(16-6-3-9-24-16)23(18)8-7-20-17/h2,4-5,7-8,10-12,16H,3,6,9H2,1H3,(H,20,22)/t12-,16-/m0/s1. The number of hydrogen-bond donors (Lipinski definition) is 1. The molecule has 3 aromatic rings. The predicted molar refractivity (Wildman–Crippen MR) is 101 cm³/mol. The van der Waals surface area contributed by atoms with Gasteiger partial charge in [0, 0.05) is 22.7 Å². The lowest BCUT2D eigenvalue weighted by Gasteiger charge is -2.16. The van der Waals surface area contributed by atoms with E-state index in [1.807, 2.05) is 48.6 Å². The van der Waals surface area contributed by atoms with Gasteiger partial charge in [-0.15, -0.1) is 0 Å². The lowest BCUT2D eigenvalue weighted by atomic mass is 10.1. The van der Waals surface area contributed by atoms with Gasteiger partial charge in [-0.3, -0.25) is 4.40 Å². The van der Waals surface area contributed by atoms with Crippen molar-refractivity contribution >= 4 is 34.8 Å². The molecular formula is C18H19ClN4S. The Bertz CT molecular complexity index is 857. The maximum atomic E-state index is 6.10. The molecule has 1 aromatic carbocycles. The molecule has 0 spiro atoms. The Kier molecular flexibility index (Phi) is 4.37. The van der Waals surface area contributed by atoms with Gasteiger partial charge >= 0.3 is 0 Å². The van der Waals surface area contributed by atoms with E-state index in [0.717, 1.165) is 22.1 Å². The van der Waals surface area contributed by atoms with Crippen LogP contribution in [0.5, 0.6) is 0 Å². The second kappa shape index (κ2) is 6.65. The van der Waals surface area contributed by atoms with Crippen LogP contribution in [0.2, 0.25) is 5.02 Å². The van der Waals surface area contributed by atoms with E-state index in [1.54, 1.807) is 0 Å². The van der Waals surface area contributed by atoms with E-state index < -0.39 is 0 Å². The van der Waals surface area contributed by atoms with Gasteiger partial charge in [0.2, 0.25) is 0 Å². The minimum atomic E-state index is 0.100. The van der Waals surface area contributed by atoms with Crippen molar-refractivity contribution in [2.75, 3.05) is 11.1 Å². The van der Waals surface area contributed by atoms with Crippen molar-refractivity contribution in [2.24, 2.45) is 0 Å². The molecule has 0 bridgehead atoms. The summed E-state index contributed by atoms with van der Waals surface area (Å²) >= 11 is 8.12. The number of nitrogens with one attached hydrogen (secondary N) is 1. The zero-order valence-electron chi connectivity index (χ0n) is 13.4. The molecule has 124 valence electrons. The molecule has 4 rings (SSSR count). The molecule has 1 fully saturated rings. The van der Waals surface area contributed by atoms with Crippen molar-refractivity contribution in [1.29, 1.82) is 0 Å². The van der Waals surface area contributed by atoms with Crippen LogP contribution in [-0.2, 0) is 0 Å². The summed E-state index contributed by atoms with van der Waals surface area (Å²) in [4.78, 5) is 9.13. The van der Waals surface area contributed by atoms with Gasteiger partial charge in [-0.1, -0.05) is 23.7 Å². The molecule has 3 heterocycles. The molecule has 1 aliphatic rings. The highest BCUT2D eigenvalue weighted by Crippen LogP contribution is 2.40. The first-order valence-corrected chi connectivity index (χ1v) is 9.60. The summed E-state index contributed by atoms with van der Waals surface area (Å²) in [6.07, 6.45) is 8.35. The van der Waals surface area contributed by atoms with Crippen molar-refractivity contribution in [3.8, 4) is 0 Å². The van der Waals surface area contributed by atoms with Gasteiger partial charge < -0.3 is 5.32 Å². The molecule has 6 heteroatoms. The lowest BCUT2D eigenvalue weighted by molar-refractivity contribution is 0.797. The van der Waals surface area contributed by atoms with Crippen LogP contribution in [0.1, 0.15) is 42.3 Å². The quantitative estimate of drug-likeness (QED) is 0.702. The predicted octanol–water partition coefficient (Wildman–Crippen LogP) is 5.12. The minimum absolute atomic E-state index is 0.100. The molecule has 0 saturated carbocycles. The maximum absolute atomic E-state index is 6.10. The highest BCUT2D eigenvalue weighted by molar-refractivity contribution is 7.99. The van der Waals surface area contributed by atoms with E-state index in [9.17, 15) is 0 Å². The minimum Gasteiger partial charge on any atom is -0.360 e. The summed E-state index contributed by atoms with van der Waals surface area (Å²) in [6, 6.07) is 8.00. The van der Waals surface area contributed by atoms with Crippen molar-refractivity contribution < 1.29 is 0 Å². The molecule has 0 unspecified atom stereocenters. The van der Waals surface area contributed by atoms with E-state index in [-0.39, 0.29) is 6.04 Å². The van der Waals surface area contributed by atoms with Gasteiger partial charge in [0.15, 0.2) is 11.5 Å². The number of benzene rings is 1. The number of rotatable bonds is 4. The van der Waals surface area contributed by atoms with Gasteiger partial charge in [0.25, 0.3) is 0 Å². The van der Waals surface area contributed by atoms with E-state index in [1.165, 1.54) is 24.3 Å². The summed E-state index contributed by atoms with van der Waals surface area (Å²) in [5.41, 5.74) is 3.28. The third-order valence-corrected chi connectivity index (χ3v) is 6.06. The largest absolute Gasteiger partial charge is 0.360 e. The van der Waals surface area contributed by atoms with Crippen LogP contribution < -0.4 is 5.32 Å². The average Bonchev–Trinajstić information content (AvgIpc) is 3.24. The highest BCUT2D eigenvalue weighted by atomic mass is 35.5. The molecular weight excluding hydrogens is 340 g/mol. The van der Waals surface area contributed by atoms with Crippen molar-refractivity contribution in [3.63, 3.8) is 0 Å². The summed E-state index contributed by atoms with van der Waals surface area (Å²) in [7, 11) is 0. The Balaban J connectivity index is 1.64. The fraction of sp³-hybridized carbons (Fsp3) is 0.333. The molecule has 24 heavy (non-hydrogen) atoms. The summed E-state index contributed by atoms with van der Waals surface area (Å²) in [5.74, 6) is 2.04. The number of nitrogens with zero attached hydrogens (tertiary/aromatic N) is 3. The highest BCUT2D eigenvalue weighted by Gasteiger charge is 2.22. The number of imidazole rings is 1. The number of aromatic nitrogens is 3. The molecule has 1 aliphatic heterocycles. The molecule has 1 saturated heterocycles. The zero-order chi connectivity index (χ0) is 16.5. The van der Waals surface area contributed by atoms with Gasteiger partial charge in [-0.05, 0) is 43.2 Å². The topological polar surface area (TPSA) is 42.2 Å². The second-order valence-electron chi connectivity index (χ2n) is 6.08. The average molecular weight is 359 g/mol. The third kappa shape index (κ3) is 2.98. The number of thioether (sulfide) groups is 1. The monoisotopic (exact) mass is 358 g/mol. The normalized spacial score (nSPS) is 18.8. The van der Waals surface area contributed by atoms with Crippen LogP contribution in [0.4, 0.5) is 5.82 Å². The molecule has 2 aromatic heterocycles. The van der Waals surface area contributed by atoms with Gasteiger partial charge in [0.05, 0.1) is 17.9 Å². The van der Waals surface area contributed by atoms with Gasteiger partial charge in [-0.2, -0.15) is 11.8 Å². The Hall–Kier alpha value is -1.72. The van der Waals surface area contributed by atoms with Crippen LogP contribution in [-0.4, -0.2) is 20.1 Å². The van der Waals surface area contributed by atoms with Crippen LogP contribution in [0.15, 0.2) is 42.9 Å². The maximum Gasteiger partial charge on any atom is 0.180 e. The first-order valence-electron chi connectivity index (χ1n) is 8.18. The first-order chi connectivity index (χ1) is 11.7. The molecule has 0 radical (unpaired) electrons. The molecule has 4 nitrogen and oxygen atoms in total. The van der Waals surface area contributed by atoms with Crippen LogP contribution in [0.25, 0.3) is 5.65 Å². The van der Waals surface area contributed by atoms with E-state index in [4.69, 9.17) is 11.6 Å². The summed E-state index contributed by atoms with van der Waals surface area (Å²) in [6.45, 7) is 2.10. The number of fused-ring (bicyclic) bond motifs is 1.